The molecule has 0 saturated heterocycles. The maximum Gasteiger partial charge on any atom is 0.269 e. The molecule has 0 radical (unpaired) electrons. The highest BCUT2D eigenvalue weighted by molar-refractivity contribution is 5.80. The number of non-ortho nitro benzene ring substituents is 1. The van der Waals surface area contributed by atoms with Gasteiger partial charge in [-0.05, 0) is 37.2 Å². The summed E-state index contributed by atoms with van der Waals surface area (Å²) < 4.78 is 0. The van der Waals surface area contributed by atoms with Crippen LogP contribution in [0.25, 0.3) is 0 Å². The lowest BCUT2D eigenvalue weighted by Gasteiger charge is -2.31. The van der Waals surface area contributed by atoms with Crippen LogP contribution >= 0.6 is 0 Å². The standard InChI is InChI=1S/C18H26N4O2/c1-13-4-2-3-5-17(13)21-18(20-15-8-9-15)19-12-14-6-10-16(11-7-14)22(23)24/h6-7,10-11,13,15,17H,2-5,8-9,12H2,1H3,(H2,19,20,21). The summed E-state index contributed by atoms with van der Waals surface area (Å²) in [6.45, 7) is 2.84. The summed E-state index contributed by atoms with van der Waals surface area (Å²) in [5.74, 6) is 1.55. The number of hydrogen-bond acceptors (Lipinski definition) is 3. The first-order valence-corrected chi connectivity index (χ1v) is 8.92. The number of benzene rings is 1. The Morgan fingerprint density at radius 1 is 1.17 bits per heavy atom. The van der Waals surface area contributed by atoms with Gasteiger partial charge in [-0.15, -0.1) is 0 Å². The molecular weight excluding hydrogens is 304 g/mol. The highest BCUT2D eigenvalue weighted by Gasteiger charge is 2.26. The van der Waals surface area contributed by atoms with Gasteiger partial charge >= 0.3 is 0 Å². The van der Waals surface area contributed by atoms with Gasteiger partial charge in [-0.3, -0.25) is 10.1 Å². The van der Waals surface area contributed by atoms with Gasteiger partial charge in [0.2, 0.25) is 0 Å². The van der Waals surface area contributed by atoms with Crippen LogP contribution in [0.5, 0.6) is 0 Å². The molecule has 2 fully saturated rings. The Labute approximate surface area is 142 Å². The number of nitro benzene ring substituents is 1. The molecule has 1 aromatic carbocycles. The summed E-state index contributed by atoms with van der Waals surface area (Å²) in [6.07, 6.45) is 7.49. The van der Waals surface area contributed by atoms with E-state index in [1.165, 1.54) is 50.7 Å². The SMILES string of the molecule is CC1CCCCC1NC(=NCc1ccc([N+](=O)[O-])cc1)NC1CC1. The molecular formula is C18H26N4O2. The molecule has 0 bridgehead atoms. The minimum atomic E-state index is -0.376. The number of nitrogens with zero attached hydrogens (tertiary/aromatic N) is 2. The summed E-state index contributed by atoms with van der Waals surface area (Å²) in [7, 11) is 0. The Morgan fingerprint density at radius 2 is 1.88 bits per heavy atom. The molecule has 130 valence electrons. The molecule has 2 aliphatic carbocycles. The zero-order valence-electron chi connectivity index (χ0n) is 14.2. The lowest BCUT2D eigenvalue weighted by molar-refractivity contribution is -0.384. The minimum Gasteiger partial charge on any atom is -0.354 e. The fourth-order valence-electron chi connectivity index (χ4n) is 3.15. The second-order valence-corrected chi connectivity index (χ2v) is 7.02. The molecule has 0 aromatic heterocycles. The molecule has 3 rings (SSSR count). The molecule has 0 heterocycles. The summed E-state index contributed by atoms with van der Waals surface area (Å²) in [6, 6.07) is 7.66. The highest BCUT2D eigenvalue weighted by Crippen LogP contribution is 2.24. The number of guanidine groups is 1. The monoisotopic (exact) mass is 330 g/mol. The van der Waals surface area contributed by atoms with E-state index in [4.69, 9.17) is 4.99 Å². The predicted octanol–water partition coefficient (Wildman–Crippen LogP) is 3.37. The van der Waals surface area contributed by atoms with E-state index >= 15 is 0 Å². The van der Waals surface area contributed by atoms with Gasteiger partial charge in [0.15, 0.2) is 5.96 Å². The van der Waals surface area contributed by atoms with Gasteiger partial charge < -0.3 is 10.6 Å². The third kappa shape index (κ3) is 4.69. The fraction of sp³-hybridized carbons (Fsp3) is 0.611. The van der Waals surface area contributed by atoms with Crippen LogP contribution in [-0.2, 0) is 6.54 Å². The first-order valence-electron chi connectivity index (χ1n) is 8.92. The second-order valence-electron chi connectivity index (χ2n) is 7.02. The first kappa shape index (κ1) is 16.7. The van der Waals surface area contributed by atoms with Crippen LogP contribution in [0.4, 0.5) is 5.69 Å². The van der Waals surface area contributed by atoms with Gasteiger partial charge in [-0.25, -0.2) is 4.99 Å². The van der Waals surface area contributed by atoms with Gasteiger partial charge in [0.25, 0.3) is 5.69 Å². The molecule has 0 aliphatic heterocycles. The molecule has 1 aromatic rings. The van der Waals surface area contributed by atoms with Crippen LogP contribution in [0.15, 0.2) is 29.3 Å². The van der Waals surface area contributed by atoms with Gasteiger partial charge in [0.05, 0.1) is 11.5 Å². The van der Waals surface area contributed by atoms with Crippen molar-refractivity contribution in [3.05, 3.63) is 39.9 Å². The number of nitro groups is 1. The van der Waals surface area contributed by atoms with Crippen molar-refractivity contribution in [3.8, 4) is 0 Å². The first-order chi connectivity index (χ1) is 11.6. The predicted molar refractivity (Wildman–Crippen MR) is 94.9 cm³/mol. The molecule has 2 atom stereocenters. The maximum atomic E-state index is 10.7. The average molecular weight is 330 g/mol. The van der Waals surface area contributed by atoms with E-state index in [1.54, 1.807) is 12.1 Å². The van der Waals surface area contributed by atoms with E-state index in [-0.39, 0.29) is 10.6 Å². The normalized spacial score (nSPS) is 24.5. The van der Waals surface area contributed by atoms with Crippen molar-refractivity contribution in [2.75, 3.05) is 0 Å². The van der Waals surface area contributed by atoms with Gasteiger partial charge in [0, 0.05) is 24.2 Å². The van der Waals surface area contributed by atoms with E-state index in [2.05, 4.69) is 17.6 Å². The van der Waals surface area contributed by atoms with Crippen LogP contribution in [0.1, 0.15) is 51.0 Å². The van der Waals surface area contributed by atoms with E-state index in [0.717, 1.165) is 11.5 Å². The Bertz CT molecular complexity index is 596. The molecule has 0 amide bonds. The van der Waals surface area contributed by atoms with Crippen LogP contribution in [0.3, 0.4) is 0 Å². The number of rotatable bonds is 5. The molecule has 2 unspecified atom stereocenters. The largest absolute Gasteiger partial charge is 0.354 e. The van der Waals surface area contributed by atoms with Crippen LogP contribution in [0, 0.1) is 16.0 Å². The Kier molecular flexibility index (Phi) is 5.33. The topological polar surface area (TPSA) is 79.6 Å². The Balaban J connectivity index is 1.63. The smallest absolute Gasteiger partial charge is 0.269 e. The van der Waals surface area contributed by atoms with E-state index in [1.807, 2.05) is 0 Å². The zero-order chi connectivity index (χ0) is 16.9. The van der Waals surface area contributed by atoms with E-state index in [9.17, 15) is 10.1 Å². The zero-order valence-corrected chi connectivity index (χ0v) is 14.2. The third-order valence-electron chi connectivity index (χ3n) is 4.92. The minimum absolute atomic E-state index is 0.119. The fourth-order valence-corrected chi connectivity index (χ4v) is 3.15. The van der Waals surface area contributed by atoms with Crippen molar-refractivity contribution >= 4 is 11.6 Å². The molecule has 6 nitrogen and oxygen atoms in total. The Morgan fingerprint density at radius 3 is 2.50 bits per heavy atom. The Hall–Kier alpha value is -2.11. The van der Waals surface area contributed by atoms with Crippen LogP contribution in [-0.4, -0.2) is 23.0 Å². The van der Waals surface area contributed by atoms with Crippen molar-refractivity contribution in [2.24, 2.45) is 10.9 Å². The second kappa shape index (κ2) is 7.64. The van der Waals surface area contributed by atoms with Crippen molar-refractivity contribution < 1.29 is 4.92 Å². The molecule has 0 spiro atoms. The van der Waals surface area contributed by atoms with Crippen LogP contribution < -0.4 is 10.6 Å². The van der Waals surface area contributed by atoms with Gasteiger partial charge in [-0.1, -0.05) is 31.9 Å². The van der Waals surface area contributed by atoms with Gasteiger partial charge in [-0.2, -0.15) is 0 Å². The molecule has 2 N–H and O–H groups in total. The van der Waals surface area contributed by atoms with Crippen LogP contribution in [0.2, 0.25) is 0 Å². The molecule has 6 heteroatoms. The molecule has 2 saturated carbocycles. The third-order valence-corrected chi connectivity index (χ3v) is 4.92. The van der Waals surface area contributed by atoms with Crippen molar-refractivity contribution in [1.82, 2.24) is 10.6 Å². The summed E-state index contributed by atoms with van der Waals surface area (Å²) in [5.41, 5.74) is 1.10. The summed E-state index contributed by atoms with van der Waals surface area (Å²) in [5, 5.41) is 17.8. The number of nitrogens with one attached hydrogen (secondary N) is 2. The number of aliphatic imine (C=N–C) groups is 1. The maximum absolute atomic E-state index is 10.7. The summed E-state index contributed by atoms with van der Waals surface area (Å²) in [4.78, 5) is 15.0. The quantitative estimate of drug-likeness (QED) is 0.375. The van der Waals surface area contributed by atoms with Crippen molar-refractivity contribution in [2.45, 2.75) is 64.1 Å². The van der Waals surface area contributed by atoms with E-state index in [0.29, 0.717) is 24.5 Å². The molecule has 24 heavy (non-hydrogen) atoms. The highest BCUT2D eigenvalue weighted by atomic mass is 16.6. The lowest BCUT2D eigenvalue weighted by Crippen LogP contribution is -2.47. The summed E-state index contributed by atoms with van der Waals surface area (Å²) >= 11 is 0. The van der Waals surface area contributed by atoms with Crippen molar-refractivity contribution in [3.63, 3.8) is 0 Å². The van der Waals surface area contributed by atoms with Crippen molar-refractivity contribution in [1.29, 1.82) is 0 Å². The average Bonchev–Trinajstić information content (AvgIpc) is 3.39. The van der Waals surface area contributed by atoms with E-state index < -0.39 is 0 Å². The number of hydrogen-bond donors (Lipinski definition) is 2. The van der Waals surface area contributed by atoms with Gasteiger partial charge in [0.1, 0.15) is 0 Å². The molecule has 2 aliphatic rings. The lowest BCUT2D eigenvalue weighted by atomic mass is 9.86.